The van der Waals surface area contributed by atoms with Crippen molar-refractivity contribution in [1.29, 1.82) is 0 Å². The van der Waals surface area contributed by atoms with Crippen molar-refractivity contribution in [1.82, 2.24) is 19.5 Å². The molecule has 1 aliphatic rings. The van der Waals surface area contributed by atoms with E-state index in [9.17, 15) is 12.8 Å². The van der Waals surface area contributed by atoms with E-state index < -0.39 is 10.0 Å². The number of aromatic amines is 2. The molecule has 0 spiro atoms. The van der Waals surface area contributed by atoms with E-state index in [2.05, 4.69) is 15.2 Å². The molecule has 3 heterocycles. The Morgan fingerprint density at radius 1 is 1.27 bits per heavy atom. The van der Waals surface area contributed by atoms with E-state index in [1.807, 2.05) is 12.3 Å². The normalized spacial score (nSPS) is 16.2. The first-order valence-corrected chi connectivity index (χ1v) is 9.79. The number of hydrogen-bond donors (Lipinski definition) is 2. The van der Waals surface area contributed by atoms with Crippen LogP contribution in [0.25, 0.3) is 16.5 Å². The Labute approximate surface area is 150 Å². The maximum atomic E-state index is 13.4. The minimum Gasteiger partial charge on any atom is -0.360 e. The maximum Gasteiger partial charge on any atom is 0.247 e. The summed E-state index contributed by atoms with van der Waals surface area (Å²) in [6.45, 7) is 4.09. The van der Waals surface area contributed by atoms with E-state index >= 15 is 0 Å². The third kappa shape index (κ3) is 2.65. The van der Waals surface area contributed by atoms with Crippen LogP contribution in [0.3, 0.4) is 0 Å². The summed E-state index contributed by atoms with van der Waals surface area (Å²) < 4.78 is 40.7. The fraction of sp³-hybridized carbons (Fsp3) is 0.278. The van der Waals surface area contributed by atoms with Crippen molar-refractivity contribution in [2.24, 2.45) is 0 Å². The Morgan fingerprint density at radius 3 is 2.73 bits per heavy atom. The van der Waals surface area contributed by atoms with E-state index in [0.717, 1.165) is 22.0 Å². The van der Waals surface area contributed by atoms with Crippen molar-refractivity contribution in [3.05, 3.63) is 53.2 Å². The van der Waals surface area contributed by atoms with E-state index in [1.54, 1.807) is 19.9 Å². The zero-order valence-corrected chi connectivity index (χ0v) is 15.3. The average molecular weight is 374 g/mol. The van der Waals surface area contributed by atoms with Crippen LogP contribution in [0.15, 0.2) is 35.4 Å². The van der Waals surface area contributed by atoms with E-state index in [0.29, 0.717) is 30.9 Å². The van der Waals surface area contributed by atoms with Gasteiger partial charge in [-0.1, -0.05) is 6.08 Å². The molecule has 2 aromatic heterocycles. The fourth-order valence-electron chi connectivity index (χ4n) is 3.53. The van der Waals surface area contributed by atoms with Gasteiger partial charge < -0.3 is 4.98 Å². The zero-order chi connectivity index (χ0) is 18.5. The zero-order valence-electron chi connectivity index (χ0n) is 14.5. The first-order chi connectivity index (χ1) is 12.4. The molecule has 4 rings (SSSR count). The highest BCUT2D eigenvalue weighted by Crippen LogP contribution is 2.31. The number of nitrogens with zero attached hydrogens (tertiary/aromatic N) is 2. The summed E-state index contributed by atoms with van der Waals surface area (Å²) in [6, 6.07) is 4.65. The Balaban J connectivity index is 1.64. The van der Waals surface area contributed by atoms with Crippen LogP contribution in [-0.2, 0) is 10.0 Å². The summed E-state index contributed by atoms with van der Waals surface area (Å²) in [6.07, 6.45) is 4.38. The molecule has 0 saturated carbocycles. The Kier molecular flexibility index (Phi) is 3.96. The van der Waals surface area contributed by atoms with Crippen molar-refractivity contribution in [3.8, 4) is 0 Å². The van der Waals surface area contributed by atoms with Crippen LogP contribution in [0, 0.1) is 19.7 Å². The molecule has 1 aliphatic heterocycles. The SMILES string of the molecule is Cc1n[nH]c(C)c1S(=O)(=O)N1CC=C(c2c[nH]c3cc(F)ccc23)CC1. The van der Waals surface area contributed by atoms with Gasteiger partial charge in [0.05, 0.1) is 11.4 Å². The molecule has 6 nitrogen and oxygen atoms in total. The van der Waals surface area contributed by atoms with Gasteiger partial charge >= 0.3 is 0 Å². The Bertz CT molecular complexity index is 1110. The van der Waals surface area contributed by atoms with Crippen molar-refractivity contribution < 1.29 is 12.8 Å². The molecule has 2 N–H and O–H groups in total. The molecule has 136 valence electrons. The monoisotopic (exact) mass is 374 g/mol. The molecule has 8 heteroatoms. The molecule has 0 atom stereocenters. The number of hydrogen-bond acceptors (Lipinski definition) is 3. The molecule has 1 aromatic carbocycles. The summed E-state index contributed by atoms with van der Waals surface area (Å²) in [5.41, 5.74) is 3.83. The smallest absolute Gasteiger partial charge is 0.247 e. The van der Waals surface area contributed by atoms with Gasteiger partial charge in [0.15, 0.2) is 0 Å². The largest absolute Gasteiger partial charge is 0.360 e. The predicted octanol–water partition coefficient (Wildman–Crippen LogP) is 3.12. The van der Waals surface area contributed by atoms with Crippen LogP contribution >= 0.6 is 0 Å². The minimum absolute atomic E-state index is 0.261. The lowest BCUT2D eigenvalue weighted by Crippen LogP contribution is -2.35. The Hall–Kier alpha value is -2.45. The fourth-order valence-corrected chi connectivity index (χ4v) is 5.24. The molecular formula is C18H19FN4O2S. The maximum absolute atomic E-state index is 13.4. The number of aromatic nitrogens is 3. The van der Waals surface area contributed by atoms with Gasteiger partial charge in [0.25, 0.3) is 0 Å². The lowest BCUT2D eigenvalue weighted by atomic mass is 10.00. The molecule has 0 saturated heterocycles. The number of benzene rings is 1. The summed E-state index contributed by atoms with van der Waals surface area (Å²) in [5, 5.41) is 7.67. The second kappa shape index (κ2) is 6.07. The molecule has 0 amide bonds. The number of sulfonamides is 1. The molecule has 0 aliphatic carbocycles. The van der Waals surface area contributed by atoms with Gasteiger partial charge in [0, 0.05) is 35.8 Å². The van der Waals surface area contributed by atoms with Gasteiger partial charge in [-0.3, -0.25) is 5.10 Å². The number of aryl methyl sites for hydroxylation is 2. The number of fused-ring (bicyclic) bond motifs is 1. The highest BCUT2D eigenvalue weighted by atomic mass is 32.2. The van der Waals surface area contributed by atoms with E-state index in [1.165, 1.54) is 16.4 Å². The number of H-pyrrole nitrogens is 2. The van der Waals surface area contributed by atoms with Gasteiger partial charge in [-0.15, -0.1) is 0 Å². The summed E-state index contributed by atoms with van der Waals surface area (Å²) in [5.74, 6) is -0.286. The van der Waals surface area contributed by atoms with Gasteiger partial charge in [0.1, 0.15) is 10.7 Å². The van der Waals surface area contributed by atoms with E-state index in [-0.39, 0.29) is 10.7 Å². The third-order valence-corrected chi connectivity index (χ3v) is 6.95. The first-order valence-electron chi connectivity index (χ1n) is 8.35. The van der Waals surface area contributed by atoms with Crippen LogP contribution < -0.4 is 0 Å². The minimum atomic E-state index is -3.58. The number of rotatable bonds is 3. The van der Waals surface area contributed by atoms with Crippen LogP contribution in [0.5, 0.6) is 0 Å². The lowest BCUT2D eigenvalue weighted by molar-refractivity contribution is 0.440. The van der Waals surface area contributed by atoms with Crippen molar-refractivity contribution >= 4 is 26.5 Å². The van der Waals surface area contributed by atoms with Crippen molar-refractivity contribution in [2.75, 3.05) is 13.1 Å². The van der Waals surface area contributed by atoms with E-state index in [4.69, 9.17) is 0 Å². The third-order valence-electron chi connectivity index (χ3n) is 4.82. The highest BCUT2D eigenvalue weighted by molar-refractivity contribution is 7.89. The van der Waals surface area contributed by atoms with Crippen LogP contribution in [0.4, 0.5) is 4.39 Å². The summed E-state index contributed by atoms with van der Waals surface area (Å²) >= 11 is 0. The molecule has 3 aromatic rings. The van der Waals surface area contributed by atoms with Crippen molar-refractivity contribution in [2.45, 2.75) is 25.2 Å². The van der Waals surface area contributed by atoms with Gasteiger partial charge in [-0.05, 0) is 44.0 Å². The summed E-state index contributed by atoms with van der Waals surface area (Å²) in [4.78, 5) is 3.34. The summed E-state index contributed by atoms with van der Waals surface area (Å²) in [7, 11) is -3.58. The highest BCUT2D eigenvalue weighted by Gasteiger charge is 2.31. The van der Waals surface area contributed by atoms with Crippen LogP contribution in [0.2, 0.25) is 0 Å². The molecule has 0 fully saturated rings. The molecular weight excluding hydrogens is 355 g/mol. The van der Waals surface area contributed by atoms with Gasteiger partial charge in [-0.25, -0.2) is 12.8 Å². The molecule has 0 unspecified atom stereocenters. The quantitative estimate of drug-likeness (QED) is 0.739. The lowest BCUT2D eigenvalue weighted by Gasteiger charge is -2.26. The number of nitrogens with one attached hydrogen (secondary N) is 2. The molecule has 0 radical (unpaired) electrons. The molecule has 0 bridgehead atoms. The standard InChI is InChI=1S/C18H19FN4O2S/c1-11-18(12(2)22-21-11)26(24,25)23-7-5-13(6-8-23)16-10-20-17-9-14(19)3-4-15(16)17/h3-5,9-10,20H,6-8H2,1-2H3,(H,21,22). The topological polar surface area (TPSA) is 81.8 Å². The molecule has 26 heavy (non-hydrogen) atoms. The van der Waals surface area contributed by atoms with Gasteiger partial charge in [-0.2, -0.15) is 9.40 Å². The average Bonchev–Trinajstić information content (AvgIpc) is 3.18. The van der Waals surface area contributed by atoms with Crippen molar-refractivity contribution in [3.63, 3.8) is 0 Å². The second-order valence-corrected chi connectivity index (χ2v) is 8.37. The predicted molar refractivity (Wildman–Crippen MR) is 97.7 cm³/mol. The van der Waals surface area contributed by atoms with Crippen LogP contribution in [-0.4, -0.2) is 41.0 Å². The van der Waals surface area contributed by atoms with Gasteiger partial charge in [0.2, 0.25) is 10.0 Å². The number of halogens is 1. The van der Waals surface area contributed by atoms with Crippen LogP contribution in [0.1, 0.15) is 23.4 Å². The first kappa shape index (κ1) is 17.0. The second-order valence-electron chi connectivity index (χ2n) is 6.50. The Morgan fingerprint density at radius 2 is 2.08 bits per heavy atom.